The van der Waals surface area contributed by atoms with Gasteiger partial charge in [0.15, 0.2) is 5.16 Å². The minimum Gasteiger partial charge on any atom is -0.310 e. The van der Waals surface area contributed by atoms with Gasteiger partial charge in [0.1, 0.15) is 11.6 Å². The van der Waals surface area contributed by atoms with Gasteiger partial charge < -0.3 is 9.88 Å². The number of carbonyl (C=O) groups excluding carboxylic acids is 1. The van der Waals surface area contributed by atoms with Crippen molar-refractivity contribution in [3.63, 3.8) is 0 Å². The molecule has 0 aliphatic carbocycles. The van der Waals surface area contributed by atoms with Gasteiger partial charge in [0.25, 0.3) is 0 Å². The largest absolute Gasteiger partial charge is 0.310 e. The van der Waals surface area contributed by atoms with Crippen LogP contribution in [-0.2, 0) is 11.8 Å². The molecule has 0 radical (unpaired) electrons. The number of nitrogens with zero attached hydrogens (tertiary/aromatic N) is 4. The SMILES string of the molecule is CC(C)c1nnc(SCC(=O)Nc2ccc(Cl)cn2)n1C. The van der Waals surface area contributed by atoms with E-state index >= 15 is 0 Å². The first kappa shape index (κ1) is 15.8. The van der Waals surface area contributed by atoms with Gasteiger partial charge in [-0.05, 0) is 12.1 Å². The number of amides is 1. The standard InChI is InChI=1S/C13H16ClN5OS/c1-8(2)12-17-18-13(19(12)3)21-7-11(20)16-10-5-4-9(14)6-15-10/h4-6,8H,7H2,1-3H3,(H,15,16,20). The minimum absolute atomic E-state index is 0.149. The number of hydrogen-bond acceptors (Lipinski definition) is 5. The fourth-order valence-corrected chi connectivity index (χ4v) is 2.54. The molecule has 0 bridgehead atoms. The van der Waals surface area contributed by atoms with E-state index in [-0.39, 0.29) is 11.7 Å². The molecule has 0 saturated carbocycles. The van der Waals surface area contributed by atoms with Crippen molar-refractivity contribution < 1.29 is 4.79 Å². The Balaban J connectivity index is 1.91. The van der Waals surface area contributed by atoms with Gasteiger partial charge in [-0.1, -0.05) is 37.2 Å². The van der Waals surface area contributed by atoms with Crippen molar-refractivity contribution in [1.29, 1.82) is 0 Å². The van der Waals surface area contributed by atoms with Gasteiger partial charge in [-0.3, -0.25) is 4.79 Å². The molecule has 0 saturated heterocycles. The molecule has 0 fully saturated rings. The molecule has 0 atom stereocenters. The fraction of sp³-hybridized carbons (Fsp3) is 0.385. The number of aromatic nitrogens is 4. The summed E-state index contributed by atoms with van der Waals surface area (Å²) in [5, 5.41) is 12.2. The van der Waals surface area contributed by atoms with Gasteiger partial charge in [-0.2, -0.15) is 0 Å². The maximum absolute atomic E-state index is 11.9. The van der Waals surface area contributed by atoms with E-state index in [1.807, 2.05) is 11.6 Å². The van der Waals surface area contributed by atoms with E-state index < -0.39 is 0 Å². The highest BCUT2D eigenvalue weighted by molar-refractivity contribution is 7.99. The monoisotopic (exact) mass is 325 g/mol. The molecule has 8 heteroatoms. The van der Waals surface area contributed by atoms with E-state index in [0.717, 1.165) is 11.0 Å². The highest BCUT2D eigenvalue weighted by Gasteiger charge is 2.13. The Labute approximate surface area is 132 Å². The summed E-state index contributed by atoms with van der Waals surface area (Å²) in [5.74, 6) is 1.77. The summed E-state index contributed by atoms with van der Waals surface area (Å²) >= 11 is 7.08. The maximum Gasteiger partial charge on any atom is 0.236 e. The molecule has 1 amide bonds. The summed E-state index contributed by atoms with van der Waals surface area (Å²) in [6, 6.07) is 3.33. The van der Waals surface area contributed by atoms with Gasteiger partial charge in [-0.25, -0.2) is 4.98 Å². The Hall–Kier alpha value is -1.60. The minimum atomic E-state index is -0.149. The van der Waals surface area contributed by atoms with Crippen LogP contribution in [0.3, 0.4) is 0 Å². The molecule has 6 nitrogen and oxygen atoms in total. The molecule has 2 heterocycles. The van der Waals surface area contributed by atoms with E-state index in [4.69, 9.17) is 11.6 Å². The van der Waals surface area contributed by atoms with Crippen LogP contribution in [0.15, 0.2) is 23.5 Å². The van der Waals surface area contributed by atoms with Crippen LogP contribution < -0.4 is 5.32 Å². The second-order valence-electron chi connectivity index (χ2n) is 4.75. The highest BCUT2D eigenvalue weighted by atomic mass is 35.5. The molecule has 0 aliphatic heterocycles. The Bertz CT molecular complexity index is 626. The highest BCUT2D eigenvalue weighted by Crippen LogP contribution is 2.20. The average molecular weight is 326 g/mol. The van der Waals surface area contributed by atoms with E-state index in [9.17, 15) is 4.79 Å². The van der Waals surface area contributed by atoms with Crippen molar-refractivity contribution in [2.24, 2.45) is 7.05 Å². The Morgan fingerprint density at radius 2 is 2.19 bits per heavy atom. The topological polar surface area (TPSA) is 72.7 Å². The zero-order valence-corrected chi connectivity index (χ0v) is 13.6. The van der Waals surface area contributed by atoms with Crippen molar-refractivity contribution in [2.45, 2.75) is 24.9 Å². The number of thioether (sulfide) groups is 1. The Morgan fingerprint density at radius 3 is 2.76 bits per heavy atom. The Morgan fingerprint density at radius 1 is 1.43 bits per heavy atom. The molecule has 2 rings (SSSR count). The lowest BCUT2D eigenvalue weighted by molar-refractivity contribution is -0.113. The van der Waals surface area contributed by atoms with Gasteiger partial charge in [-0.15, -0.1) is 10.2 Å². The van der Waals surface area contributed by atoms with Gasteiger partial charge in [0, 0.05) is 19.2 Å². The van der Waals surface area contributed by atoms with Crippen molar-refractivity contribution in [1.82, 2.24) is 19.7 Å². The summed E-state index contributed by atoms with van der Waals surface area (Å²) in [5.41, 5.74) is 0. The first-order chi connectivity index (χ1) is 9.97. The van der Waals surface area contributed by atoms with Crippen LogP contribution in [-0.4, -0.2) is 31.4 Å². The van der Waals surface area contributed by atoms with Crippen molar-refractivity contribution in [3.05, 3.63) is 29.2 Å². The summed E-state index contributed by atoms with van der Waals surface area (Å²) in [6.45, 7) is 4.11. The van der Waals surface area contributed by atoms with Gasteiger partial charge in [0.05, 0.1) is 10.8 Å². The van der Waals surface area contributed by atoms with E-state index in [2.05, 4.69) is 34.3 Å². The van der Waals surface area contributed by atoms with Gasteiger partial charge in [0.2, 0.25) is 5.91 Å². The summed E-state index contributed by atoms with van der Waals surface area (Å²) in [4.78, 5) is 15.9. The molecule has 2 aromatic rings. The van der Waals surface area contributed by atoms with Crippen LogP contribution in [0.25, 0.3) is 0 Å². The van der Waals surface area contributed by atoms with Crippen LogP contribution in [0, 0.1) is 0 Å². The molecule has 2 aromatic heterocycles. The Kier molecular flexibility index (Phi) is 5.19. The van der Waals surface area contributed by atoms with Crippen LogP contribution >= 0.6 is 23.4 Å². The fourth-order valence-electron chi connectivity index (χ4n) is 1.71. The summed E-state index contributed by atoms with van der Waals surface area (Å²) < 4.78 is 1.91. The molecule has 0 aliphatic rings. The number of anilines is 1. The lowest BCUT2D eigenvalue weighted by Gasteiger charge is -2.06. The molecule has 1 N–H and O–H groups in total. The van der Waals surface area contributed by atoms with Crippen molar-refractivity contribution in [2.75, 3.05) is 11.1 Å². The summed E-state index contributed by atoms with van der Waals surface area (Å²) in [7, 11) is 1.90. The number of nitrogens with one attached hydrogen (secondary N) is 1. The third kappa shape index (κ3) is 4.18. The zero-order valence-electron chi connectivity index (χ0n) is 12.0. The van der Waals surface area contributed by atoms with E-state index in [1.54, 1.807) is 12.1 Å². The third-order valence-electron chi connectivity index (χ3n) is 2.71. The lowest BCUT2D eigenvalue weighted by atomic mass is 10.2. The first-order valence-electron chi connectivity index (χ1n) is 6.41. The number of hydrogen-bond donors (Lipinski definition) is 1. The zero-order chi connectivity index (χ0) is 15.4. The smallest absolute Gasteiger partial charge is 0.236 e. The number of halogens is 1. The molecule has 112 valence electrons. The lowest BCUT2D eigenvalue weighted by Crippen LogP contribution is -2.15. The number of pyridine rings is 1. The number of carbonyl (C=O) groups is 1. The van der Waals surface area contributed by atoms with Crippen molar-refractivity contribution >= 4 is 35.1 Å². The summed E-state index contributed by atoms with van der Waals surface area (Å²) in [6.07, 6.45) is 1.49. The van der Waals surface area contributed by atoms with E-state index in [1.165, 1.54) is 18.0 Å². The third-order valence-corrected chi connectivity index (χ3v) is 3.96. The van der Waals surface area contributed by atoms with Gasteiger partial charge >= 0.3 is 0 Å². The van der Waals surface area contributed by atoms with Crippen LogP contribution in [0.1, 0.15) is 25.6 Å². The van der Waals surface area contributed by atoms with E-state index in [0.29, 0.717) is 16.8 Å². The van der Waals surface area contributed by atoms with Crippen LogP contribution in [0.4, 0.5) is 5.82 Å². The average Bonchev–Trinajstić information content (AvgIpc) is 2.80. The van der Waals surface area contributed by atoms with Crippen LogP contribution in [0.5, 0.6) is 0 Å². The molecule has 0 spiro atoms. The number of rotatable bonds is 5. The second kappa shape index (κ2) is 6.91. The molecular weight excluding hydrogens is 310 g/mol. The molecular formula is C13H16ClN5OS. The van der Waals surface area contributed by atoms with Crippen LogP contribution in [0.2, 0.25) is 5.02 Å². The first-order valence-corrected chi connectivity index (χ1v) is 7.77. The molecule has 0 unspecified atom stereocenters. The predicted molar refractivity (Wildman–Crippen MR) is 83.7 cm³/mol. The quantitative estimate of drug-likeness (QED) is 0.856. The molecule has 21 heavy (non-hydrogen) atoms. The van der Waals surface area contributed by atoms with Crippen molar-refractivity contribution in [3.8, 4) is 0 Å². The predicted octanol–water partition coefficient (Wildman–Crippen LogP) is 2.72. The normalized spacial score (nSPS) is 10.9. The maximum atomic E-state index is 11.9. The molecule has 0 aromatic carbocycles. The second-order valence-corrected chi connectivity index (χ2v) is 6.13.